The van der Waals surface area contributed by atoms with Crippen LogP contribution < -0.4 is 0 Å². The highest BCUT2D eigenvalue weighted by Gasteiger charge is 2.07. The van der Waals surface area contributed by atoms with Gasteiger partial charge < -0.3 is 0 Å². The molecule has 3 heteroatoms. The standard InChI is InChI=1S/C20H27FN2/c1-3-5-6-7-8-10-20-22-14-17(15-23-20)18-12-11-16(9-4-2)13-19(18)21/h11-15H,3-10H2,1-2H3. The molecule has 0 N–H and O–H groups in total. The molecule has 0 radical (unpaired) electrons. The maximum absolute atomic E-state index is 14.2. The monoisotopic (exact) mass is 314 g/mol. The fourth-order valence-corrected chi connectivity index (χ4v) is 2.75. The predicted molar refractivity (Wildman–Crippen MR) is 93.9 cm³/mol. The summed E-state index contributed by atoms with van der Waals surface area (Å²) >= 11 is 0. The van der Waals surface area contributed by atoms with E-state index in [4.69, 9.17) is 0 Å². The van der Waals surface area contributed by atoms with E-state index in [-0.39, 0.29) is 5.82 Å². The lowest BCUT2D eigenvalue weighted by molar-refractivity contribution is 0.621. The summed E-state index contributed by atoms with van der Waals surface area (Å²) in [4.78, 5) is 8.79. The molecule has 0 atom stereocenters. The zero-order valence-electron chi connectivity index (χ0n) is 14.3. The first kappa shape index (κ1) is 17.6. The second-order valence-corrected chi connectivity index (χ2v) is 6.12. The van der Waals surface area contributed by atoms with Crippen molar-refractivity contribution in [2.24, 2.45) is 0 Å². The van der Waals surface area contributed by atoms with Crippen LogP contribution in [0.3, 0.4) is 0 Å². The number of aryl methyl sites for hydroxylation is 2. The summed E-state index contributed by atoms with van der Waals surface area (Å²) in [5, 5.41) is 0. The molecule has 0 aliphatic rings. The van der Waals surface area contributed by atoms with Crippen molar-refractivity contribution in [3.8, 4) is 11.1 Å². The Kier molecular flexibility index (Phi) is 7.18. The molecule has 23 heavy (non-hydrogen) atoms. The molecule has 0 saturated heterocycles. The summed E-state index contributed by atoms with van der Waals surface area (Å²) in [5.74, 6) is 0.667. The summed E-state index contributed by atoms with van der Waals surface area (Å²) < 4.78 is 14.2. The number of aromatic nitrogens is 2. The molecule has 0 amide bonds. The van der Waals surface area contributed by atoms with E-state index in [0.29, 0.717) is 5.56 Å². The van der Waals surface area contributed by atoms with Crippen molar-refractivity contribution in [1.29, 1.82) is 0 Å². The summed E-state index contributed by atoms with van der Waals surface area (Å²) in [6.45, 7) is 4.32. The number of benzene rings is 1. The van der Waals surface area contributed by atoms with E-state index in [1.54, 1.807) is 18.5 Å². The van der Waals surface area contributed by atoms with Gasteiger partial charge in [-0.1, -0.05) is 58.1 Å². The quantitative estimate of drug-likeness (QED) is 0.551. The normalized spacial score (nSPS) is 10.9. The third kappa shape index (κ3) is 5.42. The smallest absolute Gasteiger partial charge is 0.131 e. The van der Waals surface area contributed by atoms with Gasteiger partial charge in [0.2, 0.25) is 0 Å². The minimum Gasteiger partial charge on any atom is -0.241 e. The highest BCUT2D eigenvalue weighted by atomic mass is 19.1. The van der Waals surface area contributed by atoms with Gasteiger partial charge in [0.1, 0.15) is 11.6 Å². The third-order valence-electron chi connectivity index (χ3n) is 4.09. The van der Waals surface area contributed by atoms with Gasteiger partial charge in [-0.05, 0) is 24.5 Å². The van der Waals surface area contributed by atoms with Gasteiger partial charge in [0.15, 0.2) is 0 Å². The average molecular weight is 314 g/mol. The average Bonchev–Trinajstić information content (AvgIpc) is 2.56. The van der Waals surface area contributed by atoms with Crippen LogP contribution >= 0.6 is 0 Å². The Morgan fingerprint density at radius 3 is 2.26 bits per heavy atom. The SMILES string of the molecule is CCCCCCCc1ncc(-c2ccc(CCC)cc2F)cn1. The van der Waals surface area contributed by atoms with Crippen molar-refractivity contribution in [2.75, 3.05) is 0 Å². The van der Waals surface area contributed by atoms with Crippen LogP contribution in [0.5, 0.6) is 0 Å². The predicted octanol–water partition coefficient (Wildman–Crippen LogP) is 5.75. The molecule has 0 saturated carbocycles. The highest BCUT2D eigenvalue weighted by molar-refractivity contribution is 5.62. The Hall–Kier alpha value is -1.77. The van der Waals surface area contributed by atoms with Gasteiger partial charge in [-0.25, -0.2) is 14.4 Å². The van der Waals surface area contributed by atoms with Crippen LogP contribution in [0.4, 0.5) is 4.39 Å². The maximum atomic E-state index is 14.2. The Balaban J connectivity index is 1.96. The number of nitrogens with zero attached hydrogens (tertiary/aromatic N) is 2. The van der Waals surface area contributed by atoms with Crippen LogP contribution in [-0.4, -0.2) is 9.97 Å². The van der Waals surface area contributed by atoms with Crippen molar-refractivity contribution in [3.63, 3.8) is 0 Å². The number of halogens is 1. The van der Waals surface area contributed by atoms with Gasteiger partial charge in [0.05, 0.1) is 0 Å². The molecule has 2 nitrogen and oxygen atoms in total. The van der Waals surface area contributed by atoms with Crippen LogP contribution in [0.2, 0.25) is 0 Å². The first-order valence-corrected chi connectivity index (χ1v) is 8.84. The molecule has 0 fully saturated rings. The van der Waals surface area contributed by atoms with Crippen molar-refractivity contribution in [3.05, 3.63) is 47.8 Å². The summed E-state index contributed by atoms with van der Waals surface area (Å²) in [7, 11) is 0. The number of hydrogen-bond acceptors (Lipinski definition) is 2. The first-order chi connectivity index (χ1) is 11.2. The lowest BCUT2D eigenvalue weighted by Gasteiger charge is -2.06. The minimum atomic E-state index is -0.188. The van der Waals surface area contributed by atoms with E-state index < -0.39 is 0 Å². The maximum Gasteiger partial charge on any atom is 0.131 e. The topological polar surface area (TPSA) is 25.8 Å². The molecule has 1 aromatic carbocycles. The van der Waals surface area contributed by atoms with Gasteiger partial charge in [-0.2, -0.15) is 0 Å². The lowest BCUT2D eigenvalue weighted by Crippen LogP contribution is -1.96. The molecule has 0 aliphatic carbocycles. The zero-order valence-corrected chi connectivity index (χ0v) is 14.3. The van der Waals surface area contributed by atoms with E-state index in [9.17, 15) is 4.39 Å². The van der Waals surface area contributed by atoms with E-state index in [2.05, 4.69) is 23.8 Å². The fourth-order valence-electron chi connectivity index (χ4n) is 2.75. The second-order valence-electron chi connectivity index (χ2n) is 6.12. The Bertz CT molecular complexity index is 593. The number of rotatable bonds is 9. The molecule has 1 heterocycles. The fraction of sp³-hybridized carbons (Fsp3) is 0.500. The molecule has 0 aliphatic heterocycles. The van der Waals surface area contributed by atoms with Crippen LogP contribution in [0, 0.1) is 5.82 Å². The second kappa shape index (κ2) is 9.39. The highest BCUT2D eigenvalue weighted by Crippen LogP contribution is 2.23. The van der Waals surface area contributed by atoms with Crippen LogP contribution in [0.25, 0.3) is 11.1 Å². The van der Waals surface area contributed by atoms with Crippen molar-refractivity contribution in [2.45, 2.75) is 65.2 Å². The first-order valence-electron chi connectivity index (χ1n) is 8.84. The van der Waals surface area contributed by atoms with E-state index in [0.717, 1.165) is 42.6 Å². The zero-order chi connectivity index (χ0) is 16.5. The number of hydrogen-bond donors (Lipinski definition) is 0. The molecular formula is C20H27FN2. The minimum absolute atomic E-state index is 0.188. The van der Waals surface area contributed by atoms with Crippen LogP contribution in [0.1, 0.15) is 63.8 Å². The molecule has 0 unspecified atom stereocenters. The van der Waals surface area contributed by atoms with E-state index in [1.807, 2.05) is 12.1 Å². The van der Waals surface area contributed by atoms with Crippen molar-refractivity contribution in [1.82, 2.24) is 9.97 Å². The molecular weight excluding hydrogens is 287 g/mol. The van der Waals surface area contributed by atoms with E-state index >= 15 is 0 Å². The lowest BCUT2D eigenvalue weighted by atomic mass is 10.0. The Labute approximate surface area is 139 Å². The molecule has 0 bridgehead atoms. The summed E-state index contributed by atoms with van der Waals surface area (Å²) in [6.07, 6.45) is 12.5. The Morgan fingerprint density at radius 2 is 1.61 bits per heavy atom. The van der Waals surface area contributed by atoms with Gasteiger partial charge in [-0.3, -0.25) is 0 Å². The number of unbranched alkanes of at least 4 members (excludes halogenated alkanes) is 4. The van der Waals surface area contributed by atoms with Crippen LogP contribution in [0.15, 0.2) is 30.6 Å². The van der Waals surface area contributed by atoms with Gasteiger partial charge >= 0.3 is 0 Å². The van der Waals surface area contributed by atoms with Crippen molar-refractivity contribution < 1.29 is 4.39 Å². The Morgan fingerprint density at radius 1 is 0.870 bits per heavy atom. The van der Waals surface area contributed by atoms with Gasteiger partial charge in [0, 0.05) is 29.9 Å². The molecule has 124 valence electrons. The molecule has 2 aromatic rings. The van der Waals surface area contributed by atoms with Gasteiger partial charge in [0.25, 0.3) is 0 Å². The van der Waals surface area contributed by atoms with Crippen LogP contribution in [-0.2, 0) is 12.8 Å². The van der Waals surface area contributed by atoms with Crippen molar-refractivity contribution >= 4 is 0 Å². The summed E-state index contributed by atoms with van der Waals surface area (Å²) in [6, 6.07) is 5.45. The largest absolute Gasteiger partial charge is 0.241 e. The van der Waals surface area contributed by atoms with E-state index in [1.165, 1.54) is 25.7 Å². The van der Waals surface area contributed by atoms with Gasteiger partial charge in [-0.15, -0.1) is 0 Å². The molecule has 2 rings (SSSR count). The molecule has 1 aromatic heterocycles. The summed E-state index contributed by atoms with van der Waals surface area (Å²) in [5.41, 5.74) is 2.37. The molecule has 0 spiro atoms. The third-order valence-corrected chi connectivity index (χ3v) is 4.09.